The van der Waals surface area contributed by atoms with Crippen molar-refractivity contribution in [2.45, 2.75) is 23.1 Å². The Hall–Kier alpha value is -3.35. The molecule has 4 aromatic carbocycles. The average Bonchev–Trinajstić information content (AvgIpc) is 2.96. The largest absolute Gasteiger partial charge is 0.741 e. The fraction of sp³-hybridized carbons (Fsp3) is 0.310. The number of benzene rings is 4. The van der Waals surface area contributed by atoms with Crippen molar-refractivity contribution in [3.63, 3.8) is 0 Å². The summed E-state index contributed by atoms with van der Waals surface area (Å²) in [5.74, 6) is 0. The first kappa shape index (κ1) is 35.5. The molecule has 3 saturated heterocycles. The number of piperazine rings is 3. The fourth-order valence-corrected chi connectivity index (χ4v) is 6.11. The van der Waals surface area contributed by atoms with Gasteiger partial charge in [0.25, 0.3) is 0 Å². The molecule has 0 aromatic heterocycles. The monoisotopic (exact) mass is 696 g/mol. The van der Waals surface area contributed by atoms with Crippen LogP contribution in [0.2, 0.25) is 0 Å². The highest BCUT2D eigenvalue weighted by atomic mass is 32.2. The summed E-state index contributed by atoms with van der Waals surface area (Å²) < 4.78 is 135. The van der Waals surface area contributed by atoms with Gasteiger partial charge < -0.3 is 13.6 Å². The highest BCUT2D eigenvalue weighted by Crippen LogP contribution is 2.54. The third-order valence-electron chi connectivity index (χ3n) is 8.29. The second kappa shape index (κ2) is 12.4. The Morgan fingerprint density at radius 3 is 1.28 bits per heavy atom. The van der Waals surface area contributed by atoms with Gasteiger partial charge in [0.05, 0.1) is 7.05 Å². The van der Waals surface area contributed by atoms with Crippen molar-refractivity contribution in [2.24, 2.45) is 0 Å². The van der Waals surface area contributed by atoms with Crippen molar-refractivity contribution in [1.29, 1.82) is 0 Å². The van der Waals surface area contributed by atoms with Crippen LogP contribution in [0.3, 0.4) is 0 Å². The molecule has 7 rings (SSSR count). The van der Waals surface area contributed by atoms with Gasteiger partial charge in [-0.1, -0.05) is 84.9 Å². The van der Waals surface area contributed by atoms with Gasteiger partial charge in [-0.25, -0.2) is 16.8 Å². The smallest absolute Gasteiger partial charge is 0.485 e. The Kier molecular flexibility index (Phi) is 9.53. The first-order valence-corrected chi connectivity index (χ1v) is 16.3. The van der Waals surface area contributed by atoms with Crippen molar-refractivity contribution in [3.05, 3.63) is 96.1 Å². The molecule has 0 spiro atoms. The Labute approximate surface area is 259 Å². The van der Waals surface area contributed by atoms with E-state index in [-0.39, 0.29) is 16.8 Å². The molecular formula is C29H27F7N2O6S2. The molecule has 3 fully saturated rings. The van der Waals surface area contributed by atoms with Gasteiger partial charge in [-0.3, -0.25) is 0 Å². The maximum absolute atomic E-state index is 16.7. The zero-order valence-electron chi connectivity index (χ0n) is 23.9. The number of likely N-dealkylation sites (N-methyl/N-ethyl adjacent to an activating group) is 1. The summed E-state index contributed by atoms with van der Waals surface area (Å²) in [7, 11) is -9.84. The van der Waals surface area contributed by atoms with Crippen LogP contribution in [0.4, 0.5) is 30.8 Å². The van der Waals surface area contributed by atoms with Crippen molar-refractivity contribution in [3.8, 4) is 0 Å². The molecule has 250 valence electrons. The molecule has 0 saturated carbocycles. The first-order chi connectivity index (χ1) is 21.1. The van der Waals surface area contributed by atoms with Gasteiger partial charge in [-0.05, 0) is 26.0 Å². The number of quaternary nitrogens is 2. The van der Waals surface area contributed by atoms with Crippen molar-refractivity contribution < 1.29 is 66.0 Å². The number of rotatable bonds is 2. The number of halogens is 7. The van der Waals surface area contributed by atoms with Crippen LogP contribution in [-0.4, -0.2) is 79.4 Å². The molecule has 0 unspecified atom stereocenters. The molecule has 2 bridgehead atoms. The molecular weight excluding hydrogens is 669 g/mol. The summed E-state index contributed by atoms with van der Waals surface area (Å²) in [6.07, 6.45) is 0. The van der Waals surface area contributed by atoms with E-state index in [1.807, 2.05) is 0 Å². The van der Waals surface area contributed by atoms with Crippen molar-refractivity contribution in [1.82, 2.24) is 0 Å². The molecule has 4 aromatic rings. The molecule has 0 aliphatic carbocycles. The van der Waals surface area contributed by atoms with E-state index in [1.165, 1.54) is 27.1 Å². The predicted octanol–water partition coefficient (Wildman–Crippen LogP) is 6.05. The molecule has 2 atom stereocenters. The van der Waals surface area contributed by atoms with Crippen molar-refractivity contribution >= 4 is 41.8 Å². The van der Waals surface area contributed by atoms with Crippen LogP contribution >= 0.6 is 0 Å². The van der Waals surface area contributed by atoms with Crippen LogP contribution in [0, 0.1) is 0 Å². The number of alkyl halides is 6. The summed E-state index contributed by atoms with van der Waals surface area (Å²) in [4.78, 5) is 0. The minimum absolute atomic E-state index is 0.0920. The molecule has 8 nitrogen and oxygen atoms in total. The molecule has 17 heteroatoms. The average molecular weight is 697 g/mol. The van der Waals surface area contributed by atoms with E-state index >= 15 is 4.48 Å². The predicted molar refractivity (Wildman–Crippen MR) is 152 cm³/mol. The van der Waals surface area contributed by atoms with E-state index in [9.17, 15) is 26.3 Å². The van der Waals surface area contributed by atoms with Gasteiger partial charge in [0.2, 0.25) is 6.04 Å². The van der Waals surface area contributed by atoms with Crippen LogP contribution in [0.25, 0.3) is 21.5 Å². The lowest BCUT2D eigenvalue weighted by Crippen LogP contribution is -2.72. The number of nitrogens with zero attached hydrogens (tertiary/aromatic N) is 2. The maximum atomic E-state index is 16.7. The van der Waals surface area contributed by atoms with Crippen LogP contribution < -0.4 is 0 Å². The minimum Gasteiger partial charge on any atom is -0.741 e. The molecule has 3 heterocycles. The second-order valence-electron chi connectivity index (χ2n) is 11.1. The highest BCUT2D eigenvalue weighted by molar-refractivity contribution is 7.86. The third kappa shape index (κ3) is 7.13. The molecule has 3 aliphatic heterocycles. The zero-order valence-corrected chi connectivity index (χ0v) is 25.5. The van der Waals surface area contributed by atoms with E-state index in [0.29, 0.717) is 13.1 Å². The SMILES string of the molecule is C[N+]12CC[N+](F)(CC1)[C@@H](c1cccc3ccccc13)[C@@H]2c1cccc2ccccc12.O=S(=O)([O-])C(F)(F)F.O=S(=O)([O-])C(F)(F)F. The van der Waals surface area contributed by atoms with Crippen LogP contribution in [0.5, 0.6) is 0 Å². The fourth-order valence-electron chi connectivity index (χ4n) is 6.11. The Balaban J connectivity index is 0.000000250. The molecule has 0 radical (unpaired) electrons. The highest BCUT2D eigenvalue weighted by Gasteiger charge is 2.64. The maximum Gasteiger partial charge on any atom is 0.485 e. The summed E-state index contributed by atoms with van der Waals surface area (Å²) in [6, 6.07) is 29.9. The van der Waals surface area contributed by atoms with E-state index < -0.39 is 31.3 Å². The molecule has 0 N–H and O–H groups in total. The van der Waals surface area contributed by atoms with Gasteiger partial charge in [0.15, 0.2) is 39.4 Å². The topological polar surface area (TPSA) is 114 Å². The van der Waals surface area contributed by atoms with E-state index in [2.05, 4.69) is 92.0 Å². The first-order valence-electron chi connectivity index (χ1n) is 13.5. The Morgan fingerprint density at radius 2 is 0.913 bits per heavy atom. The van der Waals surface area contributed by atoms with Crippen molar-refractivity contribution in [2.75, 3.05) is 33.2 Å². The Morgan fingerprint density at radius 1 is 0.587 bits per heavy atom. The Bertz CT molecular complexity index is 1790. The summed E-state index contributed by atoms with van der Waals surface area (Å²) in [5, 5.41) is 4.88. The number of hydrogen-bond acceptors (Lipinski definition) is 6. The summed E-state index contributed by atoms with van der Waals surface area (Å²) in [6.45, 7) is 2.94. The van der Waals surface area contributed by atoms with Crippen LogP contribution in [-0.2, 0) is 20.2 Å². The number of fused-ring (bicyclic) bond motifs is 5. The summed E-state index contributed by atoms with van der Waals surface area (Å²) >= 11 is 0. The lowest BCUT2D eigenvalue weighted by Gasteiger charge is -2.57. The minimum atomic E-state index is -6.09. The van der Waals surface area contributed by atoms with Gasteiger partial charge in [-0.15, -0.1) is 4.71 Å². The third-order valence-corrected chi connectivity index (χ3v) is 9.42. The quantitative estimate of drug-likeness (QED) is 0.0829. The van der Waals surface area contributed by atoms with E-state index in [0.717, 1.165) is 23.1 Å². The van der Waals surface area contributed by atoms with Gasteiger partial charge in [0.1, 0.15) is 13.1 Å². The number of hydrogen-bond donors (Lipinski definition) is 0. The standard InChI is InChI=1S/C27H27FN2.2CHF3O3S/c1-29-16-18-30(28,19-17-29)27(25-15-7-11-21-9-3-5-13-23(21)25)26(29)24-14-6-10-20-8-2-4-12-22(20)24;2*2-1(3,4)8(5,6)7/h2-15,26-27H,16-19H2,1H3;2*(H,5,6,7)/q+2;;/p-2/t26-,27-,29?,30?;;/m0../s1. The molecule has 46 heavy (non-hydrogen) atoms. The van der Waals surface area contributed by atoms with Crippen LogP contribution in [0.1, 0.15) is 23.2 Å². The zero-order chi connectivity index (χ0) is 34.3. The lowest BCUT2D eigenvalue weighted by molar-refractivity contribution is -1.18. The molecule has 3 aliphatic rings. The van der Waals surface area contributed by atoms with Gasteiger partial charge >= 0.3 is 11.0 Å². The second-order valence-corrected chi connectivity index (χ2v) is 13.9. The van der Waals surface area contributed by atoms with Gasteiger partial charge in [-0.2, -0.15) is 26.3 Å². The lowest BCUT2D eigenvalue weighted by atomic mass is 9.81. The molecule has 0 amide bonds. The van der Waals surface area contributed by atoms with Crippen LogP contribution in [0.15, 0.2) is 84.9 Å². The van der Waals surface area contributed by atoms with E-state index in [1.54, 1.807) is 0 Å². The van der Waals surface area contributed by atoms with Gasteiger partial charge in [0, 0.05) is 11.1 Å². The normalized spacial score (nSPS) is 24.9. The summed E-state index contributed by atoms with van der Waals surface area (Å²) in [5.41, 5.74) is -8.86. The van der Waals surface area contributed by atoms with E-state index in [4.69, 9.17) is 25.9 Å².